The van der Waals surface area contributed by atoms with E-state index < -0.39 is 6.00 Å². The third kappa shape index (κ3) is 3.17. The highest BCUT2D eigenvalue weighted by atomic mass is 35.8. The molecule has 1 aliphatic heterocycles. The SMILES string of the molecule is C=C1COC/C1=C/[Si](Cl)(Cl)Cl. The molecule has 0 amide bonds. The van der Waals surface area contributed by atoms with Crippen molar-refractivity contribution in [3.05, 3.63) is 23.4 Å². The van der Waals surface area contributed by atoms with Crippen molar-refractivity contribution in [3.8, 4) is 0 Å². The number of hydrogen-bond acceptors (Lipinski definition) is 1. The molecule has 0 aromatic heterocycles. The summed E-state index contributed by atoms with van der Waals surface area (Å²) in [6.07, 6.45) is 0. The van der Waals surface area contributed by atoms with E-state index in [-0.39, 0.29) is 0 Å². The van der Waals surface area contributed by atoms with Crippen molar-refractivity contribution in [1.29, 1.82) is 0 Å². The van der Waals surface area contributed by atoms with Crippen LogP contribution in [0.3, 0.4) is 0 Å². The average molecular weight is 230 g/mol. The highest BCUT2D eigenvalue weighted by molar-refractivity contribution is 7.66. The van der Waals surface area contributed by atoms with Gasteiger partial charge in [-0.25, -0.2) is 0 Å². The minimum atomic E-state index is -2.65. The maximum atomic E-state index is 5.68. The molecule has 0 aliphatic carbocycles. The van der Waals surface area contributed by atoms with Gasteiger partial charge in [0.05, 0.1) is 13.2 Å². The Morgan fingerprint density at radius 3 is 2.36 bits per heavy atom. The number of rotatable bonds is 1. The predicted octanol–water partition coefficient (Wildman–Crippen LogP) is 2.69. The van der Waals surface area contributed by atoms with E-state index in [2.05, 4.69) is 6.58 Å². The van der Waals surface area contributed by atoms with Gasteiger partial charge in [-0.1, -0.05) is 6.58 Å². The van der Waals surface area contributed by atoms with Crippen molar-refractivity contribution in [3.63, 3.8) is 0 Å². The lowest BCUT2D eigenvalue weighted by atomic mass is 10.2. The molecule has 5 heteroatoms. The quantitative estimate of drug-likeness (QED) is 0.496. The van der Waals surface area contributed by atoms with Gasteiger partial charge in [0.1, 0.15) is 0 Å². The Bertz CT molecular complexity index is 206. The summed E-state index contributed by atoms with van der Waals surface area (Å²) in [5.41, 5.74) is 3.54. The number of halogens is 3. The van der Waals surface area contributed by atoms with Crippen LogP contribution in [0.5, 0.6) is 0 Å². The first-order valence-corrected chi connectivity index (χ1v) is 8.15. The van der Waals surface area contributed by atoms with Gasteiger partial charge in [-0.2, -0.15) is 0 Å². The topological polar surface area (TPSA) is 9.23 Å². The van der Waals surface area contributed by atoms with E-state index in [9.17, 15) is 0 Å². The van der Waals surface area contributed by atoms with Crippen LogP contribution in [0.15, 0.2) is 23.4 Å². The van der Waals surface area contributed by atoms with E-state index in [1.807, 2.05) is 0 Å². The molecule has 11 heavy (non-hydrogen) atoms. The van der Waals surface area contributed by atoms with Crippen LogP contribution in [0.1, 0.15) is 0 Å². The van der Waals surface area contributed by atoms with Crippen LogP contribution in [-0.4, -0.2) is 19.2 Å². The summed E-state index contributed by atoms with van der Waals surface area (Å²) in [4.78, 5) is 0. The zero-order valence-corrected chi connectivity index (χ0v) is 9.01. The molecule has 0 saturated carbocycles. The third-order valence-corrected chi connectivity index (χ3v) is 2.98. The Morgan fingerprint density at radius 2 is 2.00 bits per heavy atom. The molecule has 0 atom stereocenters. The molecular weight excluding hydrogens is 223 g/mol. The maximum Gasteiger partial charge on any atom is 0.366 e. The lowest BCUT2D eigenvalue weighted by Gasteiger charge is -2.01. The fourth-order valence-electron chi connectivity index (χ4n) is 0.820. The monoisotopic (exact) mass is 228 g/mol. The summed E-state index contributed by atoms with van der Waals surface area (Å²) in [7, 11) is 0. The normalized spacial score (nSPS) is 23.2. The van der Waals surface area contributed by atoms with E-state index in [0.29, 0.717) is 13.2 Å². The second-order valence-electron chi connectivity index (χ2n) is 2.31. The largest absolute Gasteiger partial charge is 0.372 e. The molecular formula is C6H7Cl3OSi. The number of ether oxygens (including phenoxy) is 1. The van der Waals surface area contributed by atoms with Crippen molar-refractivity contribution in [2.24, 2.45) is 0 Å². The van der Waals surface area contributed by atoms with Crippen molar-refractivity contribution in [2.75, 3.05) is 13.2 Å². The minimum Gasteiger partial charge on any atom is -0.372 e. The zero-order chi connectivity index (χ0) is 8.48. The lowest BCUT2D eigenvalue weighted by Crippen LogP contribution is -2.06. The van der Waals surface area contributed by atoms with Gasteiger partial charge >= 0.3 is 6.00 Å². The van der Waals surface area contributed by atoms with Gasteiger partial charge < -0.3 is 4.74 Å². The van der Waals surface area contributed by atoms with Crippen LogP contribution in [-0.2, 0) is 4.74 Å². The van der Waals surface area contributed by atoms with Crippen LogP contribution in [0.25, 0.3) is 0 Å². The van der Waals surface area contributed by atoms with E-state index >= 15 is 0 Å². The van der Waals surface area contributed by atoms with Gasteiger partial charge in [-0.3, -0.25) is 0 Å². The first-order valence-electron chi connectivity index (χ1n) is 3.03. The summed E-state index contributed by atoms with van der Waals surface area (Å²) in [6, 6.07) is -2.65. The van der Waals surface area contributed by atoms with Crippen molar-refractivity contribution in [1.82, 2.24) is 0 Å². The van der Waals surface area contributed by atoms with Crippen LogP contribution in [0.2, 0.25) is 0 Å². The summed E-state index contributed by atoms with van der Waals surface area (Å²) >= 11 is 17.0. The van der Waals surface area contributed by atoms with E-state index in [0.717, 1.165) is 11.1 Å². The molecule has 1 fully saturated rings. The molecule has 0 unspecified atom stereocenters. The summed E-state index contributed by atoms with van der Waals surface area (Å²) < 4.78 is 5.09. The Balaban J connectivity index is 2.73. The third-order valence-electron chi connectivity index (χ3n) is 1.33. The highest BCUT2D eigenvalue weighted by Crippen LogP contribution is 2.27. The summed E-state index contributed by atoms with van der Waals surface area (Å²) in [5, 5.41) is 0. The molecule has 0 radical (unpaired) electrons. The molecule has 0 bridgehead atoms. The van der Waals surface area contributed by atoms with Crippen LogP contribution < -0.4 is 0 Å². The highest BCUT2D eigenvalue weighted by Gasteiger charge is 2.24. The van der Waals surface area contributed by atoms with E-state index in [1.165, 1.54) is 0 Å². The van der Waals surface area contributed by atoms with Crippen molar-refractivity contribution < 1.29 is 4.74 Å². The molecule has 1 saturated heterocycles. The molecule has 0 N–H and O–H groups in total. The fourth-order valence-corrected chi connectivity index (χ4v) is 2.69. The zero-order valence-electron chi connectivity index (χ0n) is 5.74. The standard InChI is InChI=1S/C6H7Cl3OSi/c1-5-2-10-3-6(5)4-11(7,8)9/h4H,1-3H2/b6-4-. The minimum absolute atomic E-state index is 0.528. The lowest BCUT2D eigenvalue weighted by molar-refractivity contribution is 0.215. The van der Waals surface area contributed by atoms with Crippen molar-refractivity contribution >= 4 is 39.2 Å². The van der Waals surface area contributed by atoms with E-state index in [4.69, 9.17) is 38.0 Å². The predicted molar refractivity (Wildman–Crippen MR) is 51.4 cm³/mol. The van der Waals surface area contributed by atoms with Gasteiger partial charge in [-0.15, -0.1) is 33.2 Å². The Hall–Kier alpha value is 0.527. The summed E-state index contributed by atoms with van der Waals surface area (Å²) in [6.45, 7) is 4.86. The Morgan fingerprint density at radius 1 is 1.36 bits per heavy atom. The first-order chi connectivity index (χ1) is 4.99. The van der Waals surface area contributed by atoms with Gasteiger partial charge in [0.25, 0.3) is 0 Å². The fraction of sp³-hybridized carbons (Fsp3) is 0.333. The molecule has 1 aliphatic rings. The molecule has 1 heterocycles. The summed E-state index contributed by atoms with van der Waals surface area (Å²) in [5.74, 6) is 0. The second kappa shape index (κ2) is 3.50. The first kappa shape index (κ1) is 9.61. The van der Waals surface area contributed by atoms with E-state index in [1.54, 1.807) is 5.70 Å². The Labute approximate surface area is 80.7 Å². The van der Waals surface area contributed by atoms with Gasteiger partial charge in [0, 0.05) is 0 Å². The smallest absolute Gasteiger partial charge is 0.366 e. The molecule has 0 spiro atoms. The number of hydrogen-bond donors (Lipinski definition) is 0. The maximum absolute atomic E-state index is 5.68. The molecule has 1 rings (SSSR count). The van der Waals surface area contributed by atoms with Gasteiger partial charge in [0.2, 0.25) is 0 Å². The second-order valence-corrected chi connectivity index (χ2v) is 10.8. The van der Waals surface area contributed by atoms with Crippen LogP contribution in [0.4, 0.5) is 0 Å². The Kier molecular flexibility index (Phi) is 3.06. The van der Waals surface area contributed by atoms with Crippen molar-refractivity contribution in [2.45, 2.75) is 0 Å². The average Bonchev–Trinajstić information content (AvgIpc) is 2.12. The van der Waals surface area contributed by atoms with Crippen LogP contribution >= 0.6 is 33.2 Å². The molecule has 62 valence electrons. The van der Waals surface area contributed by atoms with Gasteiger partial charge in [-0.05, 0) is 16.8 Å². The molecule has 1 nitrogen and oxygen atoms in total. The van der Waals surface area contributed by atoms with Gasteiger partial charge in [0.15, 0.2) is 0 Å². The molecule has 0 aromatic carbocycles. The molecule has 0 aromatic rings. The van der Waals surface area contributed by atoms with Crippen LogP contribution in [0, 0.1) is 0 Å².